The molecule has 1 aromatic carbocycles. The molecule has 0 fully saturated rings. The Morgan fingerprint density at radius 1 is 1.44 bits per heavy atom. The van der Waals surface area contributed by atoms with Crippen LogP contribution in [0.25, 0.3) is 0 Å². The maximum Gasteiger partial charge on any atom is 0.330 e. The van der Waals surface area contributed by atoms with Crippen LogP contribution in [0.3, 0.4) is 0 Å². The molecule has 98 valence electrons. The second kappa shape index (κ2) is 3.99. The SMILES string of the molecule is COC(=O)C1(N)CC(C)(C)Oc2c(C)cccc21. The number of carbonyl (C=O) groups is 1. The molecule has 2 rings (SSSR count). The minimum Gasteiger partial charge on any atom is -0.487 e. The first-order valence-electron chi connectivity index (χ1n) is 5.96. The van der Waals surface area contributed by atoms with E-state index in [1.165, 1.54) is 7.11 Å². The van der Waals surface area contributed by atoms with Gasteiger partial charge >= 0.3 is 5.97 Å². The van der Waals surface area contributed by atoms with Crippen LogP contribution in [0.2, 0.25) is 0 Å². The number of ether oxygens (including phenoxy) is 2. The highest BCUT2D eigenvalue weighted by molar-refractivity contribution is 5.84. The summed E-state index contributed by atoms with van der Waals surface area (Å²) in [4.78, 5) is 12.0. The molecule has 4 heteroatoms. The highest BCUT2D eigenvalue weighted by Gasteiger charge is 2.49. The lowest BCUT2D eigenvalue weighted by atomic mass is 9.77. The second-order valence-corrected chi connectivity index (χ2v) is 5.45. The maximum atomic E-state index is 12.0. The number of hydrogen-bond donors (Lipinski definition) is 1. The number of nitrogens with two attached hydrogens (primary N) is 1. The molecule has 1 aromatic rings. The van der Waals surface area contributed by atoms with Crippen LogP contribution in [-0.2, 0) is 15.1 Å². The number of aryl methyl sites for hydroxylation is 1. The third-order valence-electron chi connectivity index (χ3n) is 3.33. The fourth-order valence-corrected chi connectivity index (χ4v) is 2.58. The van der Waals surface area contributed by atoms with Crippen molar-refractivity contribution in [3.63, 3.8) is 0 Å². The molecule has 0 spiro atoms. The maximum absolute atomic E-state index is 12.0. The van der Waals surface area contributed by atoms with Crippen LogP contribution in [0.1, 0.15) is 31.4 Å². The van der Waals surface area contributed by atoms with Gasteiger partial charge in [0, 0.05) is 12.0 Å². The molecule has 18 heavy (non-hydrogen) atoms. The third-order valence-corrected chi connectivity index (χ3v) is 3.33. The number of hydrogen-bond acceptors (Lipinski definition) is 4. The summed E-state index contributed by atoms with van der Waals surface area (Å²) in [6, 6.07) is 5.65. The summed E-state index contributed by atoms with van der Waals surface area (Å²) in [6.07, 6.45) is 0.392. The van der Waals surface area contributed by atoms with Crippen molar-refractivity contribution in [2.75, 3.05) is 7.11 Å². The summed E-state index contributed by atoms with van der Waals surface area (Å²) in [6.45, 7) is 5.79. The van der Waals surface area contributed by atoms with E-state index in [0.717, 1.165) is 5.56 Å². The highest BCUT2D eigenvalue weighted by Crippen LogP contribution is 2.44. The van der Waals surface area contributed by atoms with E-state index in [9.17, 15) is 4.79 Å². The minimum absolute atomic E-state index is 0.392. The normalized spacial score (nSPS) is 24.9. The van der Waals surface area contributed by atoms with Gasteiger partial charge in [-0.25, -0.2) is 4.79 Å². The minimum atomic E-state index is -1.14. The van der Waals surface area contributed by atoms with Crippen molar-refractivity contribution < 1.29 is 14.3 Å². The van der Waals surface area contributed by atoms with Crippen molar-refractivity contribution in [1.82, 2.24) is 0 Å². The summed E-state index contributed by atoms with van der Waals surface area (Å²) < 4.78 is 10.8. The average molecular weight is 249 g/mol. The second-order valence-electron chi connectivity index (χ2n) is 5.45. The molecule has 0 aliphatic carbocycles. The predicted molar refractivity (Wildman–Crippen MR) is 68.4 cm³/mol. The highest BCUT2D eigenvalue weighted by atomic mass is 16.5. The average Bonchev–Trinajstić information content (AvgIpc) is 2.28. The molecule has 4 nitrogen and oxygen atoms in total. The van der Waals surface area contributed by atoms with Gasteiger partial charge in [-0.05, 0) is 26.3 Å². The van der Waals surface area contributed by atoms with Gasteiger partial charge in [0.1, 0.15) is 16.9 Å². The number of methoxy groups -OCH3 is 1. The Labute approximate surface area is 107 Å². The molecule has 0 amide bonds. The molecule has 0 bridgehead atoms. The number of esters is 1. The molecule has 1 heterocycles. The molecule has 0 aromatic heterocycles. The largest absolute Gasteiger partial charge is 0.487 e. The van der Waals surface area contributed by atoms with Crippen LogP contribution >= 0.6 is 0 Å². The van der Waals surface area contributed by atoms with Gasteiger partial charge in [0.2, 0.25) is 0 Å². The zero-order chi connectivity index (χ0) is 13.6. The zero-order valence-electron chi connectivity index (χ0n) is 11.2. The van der Waals surface area contributed by atoms with Gasteiger partial charge in [-0.3, -0.25) is 0 Å². The Bertz CT molecular complexity index is 496. The molecular weight excluding hydrogens is 230 g/mol. The molecule has 1 aliphatic heterocycles. The number of fused-ring (bicyclic) bond motifs is 1. The van der Waals surface area contributed by atoms with Crippen molar-refractivity contribution in [3.05, 3.63) is 29.3 Å². The molecule has 0 saturated carbocycles. The summed E-state index contributed by atoms with van der Waals surface area (Å²) in [5.74, 6) is 0.271. The first-order chi connectivity index (χ1) is 8.30. The number of carbonyl (C=O) groups excluding carboxylic acids is 1. The summed E-state index contributed by atoms with van der Waals surface area (Å²) >= 11 is 0. The quantitative estimate of drug-likeness (QED) is 0.772. The van der Waals surface area contributed by atoms with E-state index in [0.29, 0.717) is 17.7 Å². The van der Waals surface area contributed by atoms with E-state index < -0.39 is 17.1 Å². The van der Waals surface area contributed by atoms with E-state index in [-0.39, 0.29) is 0 Å². The van der Waals surface area contributed by atoms with Gasteiger partial charge < -0.3 is 15.2 Å². The lowest BCUT2D eigenvalue weighted by Crippen LogP contribution is -2.55. The van der Waals surface area contributed by atoms with Crippen LogP contribution in [-0.4, -0.2) is 18.7 Å². The van der Waals surface area contributed by atoms with Crippen LogP contribution in [0.4, 0.5) is 0 Å². The van der Waals surface area contributed by atoms with Gasteiger partial charge in [-0.15, -0.1) is 0 Å². The monoisotopic (exact) mass is 249 g/mol. The fourth-order valence-electron chi connectivity index (χ4n) is 2.58. The van der Waals surface area contributed by atoms with Crippen LogP contribution in [0, 0.1) is 6.92 Å². The third kappa shape index (κ3) is 1.86. The summed E-state index contributed by atoms with van der Waals surface area (Å²) in [7, 11) is 1.36. The van der Waals surface area contributed by atoms with E-state index in [1.807, 2.05) is 39.0 Å². The number of rotatable bonds is 1. The zero-order valence-corrected chi connectivity index (χ0v) is 11.2. The van der Waals surface area contributed by atoms with E-state index in [2.05, 4.69) is 0 Å². The van der Waals surface area contributed by atoms with Crippen molar-refractivity contribution >= 4 is 5.97 Å². The molecule has 1 aliphatic rings. The van der Waals surface area contributed by atoms with E-state index in [4.69, 9.17) is 15.2 Å². The standard InChI is InChI=1S/C14H19NO3/c1-9-6-5-7-10-11(9)18-13(2,3)8-14(10,15)12(16)17-4/h5-7H,8,15H2,1-4H3. The van der Waals surface area contributed by atoms with Crippen molar-refractivity contribution in [3.8, 4) is 5.75 Å². The van der Waals surface area contributed by atoms with Crippen molar-refractivity contribution in [2.45, 2.75) is 38.3 Å². The topological polar surface area (TPSA) is 61.5 Å². The Morgan fingerprint density at radius 3 is 2.72 bits per heavy atom. The van der Waals surface area contributed by atoms with Crippen LogP contribution < -0.4 is 10.5 Å². The van der Waals surface area contributed by atoms with Crippen molar-refractivity contribution in [2.24, 2.45) is 5.73 Å². The predicted octanol–water partition coefficient (Wildman–Crippen LogP) is 1.88. The van der Waals surface area contributed by atoms with Gasteiger partial charge in [-0.2, -0.15) is 0 Å². The molecule has 2 N–H and O–H groups in total. The number of benzene rings is 1. The lowest BCUT2D eigenvalue weighted by Gasteiger charge is -2.42. The summed E-state index contributed by atoms with van der Waals surface area (Å²) in [5, 5.41) is 0. The van der Waals surface area contributed by atoms with Crippen molar-refractivity contribution in [1.29, 1.82) is 0 Å². The van der Waals surface area contributed by atoms with Gasteiger partial charge in [-0.1, -0.05) is 18.2 Å². The molecule has 0 saturated heterocycles. The Balaban J connectivity index is 2.64. The van der Waals surface area contributed by atoms with E-state index in [1.54, 1.807) is 0 Å². The molecular formula is C14H19NO3. The Kier molecular flexibility index (Phi) is 2.86. The van der Waals surface area contributed by atoms with Crippen LogP contribution in [0.15, 0.2) is 18.2 Å². The smallest absolute Gasteiger partial charge is 0.330 e. The first kappa shape index (κ1) is 12.9. The van der Waals surface area contributed by atoms with E-state index >= 15 is 0 Å². The summed E-state index contributed by atoms with van der Waals surface area (Å²) in [5.41, 5.74) is 6.35. The Hall–Kier alpha value is -1.55. The Morgan fingerprint density at radius 2 is 2.11 bits per heavy atom. The first-order valence-corrected chi connectivity index (χ1v) is 5.96. The lowest BCUT2D eigenvalue weighted by molar-refractivity contribution is -0.151. The molecule has 1 atom stereocenters. The molecule has 0 radical (unpaired) electrons. The van der Waals surface area contributed by atoms with Crippen LogP contribution in [0.5, 0.6) is 5.75 Å². The number of para-hydroxylation sites is 1. The van der Waals surface area contributed by atoms with Gasteiger partial charge in [0.05, 0.1) is 7.11 Å². The van der Waals surface area contributed by atoms with Gasteiger partial charge in [0.25, 0.3) is 0 Å². The van der Waals surface area contributed by atoms with Gasteiger partial charge in [0.15, 0.2) is 0 Å². The fraction of sp³-hybridized carbons (Fsp3) is 0.500. The molecule has 1 unspecified atom stereocenters.